The van der Waals surface area contributed by atoms with E-state index in [1.807, 2.05) is 30.3 Å². The molecule has 1 atom stereocenters. The van der Waals surface area contributed by atoms with Crippen molar-refractivity contribution in [3.63, 3.8) is 0 Å². The van der Waals surface area contributed by atoms with Gasteiger partial charge in [0, 0.05) is 24.3 Å². The molecule has 126 valence electrons. The van der Waals surface area contributed by atoms with Gasteiger partial charge in [0.05, 0.1) is 6.54 Å². The van der Waals surface area contributed by atoms with E-state index in [9.17, 15) is 8.42 Å². The van der Waals surface area contributed by atoms with Gasteiger partial charge in [-0.25, -0.2) is 18.4 Å². The molecule has 1 aromatic heterocycles. The molecule has 0 saturated carbocycles. The predicted octanol–water partition coefficient (Wildman–Crippen LogP) is 2.32. The zero-order chi connectivity index (χ0) is 16.8. The van der Waals surface area contributed by atoms with Crippen molar-refractivity contribution < 1.29 is 13.2 Å². The molecule has 0 bridgehead atoms. The zero-order valence-electron chi connectivity index (χ0n) is 13.2. The SMILES string of the molecule is O=S(=O)(/C=C/c1ccccc1)N1CCCC(Oc2ncccn2)C1. The van der Waals surface area contributed by atoms with Crippen molar-refractivity contribution >= 4 is 16.1 Å². The third-order valence-corrected chi connectivity index (χ3v) is 5.28. The van der Waals surface area contributed by atoms with E-state index in [2.05, 4.69) is 9.97 Å². The summed E-state index contributed by atoms with van der Waals surface area (Å²) in [4.78, 5) is 8.04. The summed E-state index contributed by atoms with van der Waals surface area (Å²) < 4.78 is 32.2. The van der Waals surface area contributed by atoms with Gasteiger partial charge in [0.1, 0.15) is 6.10 Å². The Labute approximate surface area is 141 Å². The van der Waals surface area contributed by atoms with E-state index in [1.54, 1.807) is 24.5 Å². The maximum atomic E-state index is 12.5. The van der Waals surface area contributed by atoms with Crippen LogP contribution in [0, 0.1) is 0 Å². The Bertz CT molecular complexity index is 779. The van der Waals surface area contributed by atoms with Gasteiger partial charge in [0.2, 0.25) is 10.0 Å². The highest BCUT2D eigenvalue weighted by atomic mass is 32.2. The van der Waals surface area contributed by atoms with E-state index >= 15 is 0 Å². The van der Waals surface area contributed by atoms with E-state index in [0.717, 1.165) is 18.4 Å². The van der Waals surface area contributed by atoms with Crippen molar-refractivity contribution in [3.05, 3.63) is 59.8 Å². The van der Waals surface area contributed by atoms with Crippen LogP contribution in [0.15, 0.2) is 54.2 Å². The highest BCUT2D eigenvalue weighted by Crippen LogP contribution is 2.19. The average Bonchev–Trinajstić information content (AvgIpc) is 2.62. The van der Waals surface area contributed by atoms with Gasteiger partial charge in [-0.2, -0.15) is 4.31 Å². The molecule has 3 rings (SSSR count). The third kappa shape index (κ3) is 4.39. The Kier molecular flexibility index (Phi) is 5.22. The van der Waals surface area contributed by atoms with Gasteiger partial charge in [-0.3, -0.25) is 0 Å². The van der Waals surface area contributed by atoms with Crippen molar-refractivity contribution in [1.82, 2.24) is 14.3 Å². The minimum atomic E-state index is -3.47. The number of nitrogens with zero attached hydrogens (tertiary/aromatic N) is 3. The molecule has 2 heterocycles. The van der Waals surface area contributed by atoms with Crippen LogP contribution >= 0.6 is 0 Å². The molecule has 24 heavy (non-hydrogen) atoms. The predicted molar refractivity (Wildman–Crippen MR) is 91.7 cm³/mol. The monoisotopic (exact) mass is 345 g/mol. The topological polar surface area (TPSA) is 72.4 Å². The lowest BCUT2D eigenvalue weighted by Gasteiger charge is -2.30. The van der Waals surface area contributed by atoms with Crippen LogP contribution in [0.4, 0.5) is 0 Å². The molecule has 7 heteroatoms. The first-order valence-electron chi connectivity index (χ1n) is 7.80. The molecule has 2 aromatic rings. The van der Waals surface area contributed by atoms with Gasteiger partial charge >= 0.3 is 6.01 Å². The second-order valence-corrected chi connectivity index (χ2v) is 7.35. The minimum Gasteiger partial charge on any atom is -0.459 e. The smallest absolute Gasteiger partial charge is 0.316 e. The van der Waals surface area contributed by atoms with Crippen molar-refractivity contribution in [1.29, 1.82) is 0 Å². The quantitative estimate of drug-likeness (QED) is 0.831. The second kappa shape index (κ2) is 7.55. The lowest BCUT2D eigenvalue weighted by Crippen LogP contribution is -2.43. The number of piperidine rings is 1. The van der Waals surface area contributed by atoms with Crippen molar-refractivity contribution in [3.8, 4) is 6.01 Å². The summed E-state index contributed by atoms with van der Waals surface area (Å²) in [6.07, 6.45) is 6.11. The fourth-order valence-corrected chi connectivity index (χ4v) is 3.80. The molecule has 1 aliphatic rings. The van der Waals surface area contributed by atoms with Crippen molar-refractivity contribution in [2.75, 3.05) is 13.1 Å². The molecule has 1 aliphatic heterocycles. The number of benzene rings is 1. The molecule has 1 fully saturated rings. The number of hydrogen-bond acceptors (Lipinski definition) is 5. The minimum absolute atomic E-state index is 0.235. The van der Waals surface area contributed by atoms with Gasteiger partial charge in [-0.05, 0) is 30.5 Å². The lowest BCUT2D eigenvalue weighted by atomic mass is 10.1. The Morgan fingerprint density at radius 1 is 1.12 bits per heavy atom. The molecule has 6 nitrogen and oxygen atoms in total. The molecule has 1 unspecified atom stereocenters. The van der Waals surface area contributed by atoms with Crippen molar-refractivity contribution in [2.24, 2.45) is 0 Å². The normalized spacial score (nSPS) is 19.4. The second-order valence-electron chi connectivity index (χ2n) is 5.53. The molecule has 0 spiro atoms. The molecular formula is C17H19N3O3S. The highest BCUT2D eigenvalue weighted by molar-refractivity contribution is 7.92. The van der Waals surface area contributed by atoms with Gasteiger partial charge in [-0.1, -0.05) is 30.3 Å². The fourth-order valence-electron chi connectivity index (χ4n) is 2.54. The van der Waals surface area contributed by atoms with Gasteiger partial charge in [-0.15, -0.1) is 0 Å². The maximum absolute atomic E-state index is 12.5. The van der Waals surface area contributed by atoms with E-state index in [4.69, 9.17) is 4.74 Å². The van der Waals surface area contributed by atoms with Crippen LogP contribution in [0.25, 0.3) is 6.08 Å². The van der Waals surface area contributed by atoms with Crippen LogP contribution in [-0.2, 0) is 10.0 Å². The molecule has 1 saturated heterocycles. The lowest BCUT2D eigenvalue weighted by molar-refractivity contribution is 0.120. The van der Waals surface area contributed by atoms with E-state index in [-0.39, 0.29) is 12.1 Å². The van der Waals surface area contributed by atoms with Crippen LogP contribution in [0.1, 0.15) is 18.4 Å². The average molecular weight is 345 g/mol. The Balaban J connectivity index is 1.66. The standard InChI is InChI=1S/C17H19N3O3S/c21-24(22,13-9-15-6-2-1-3-7-15)20-12-4-8-16(14-20)23-17-18-10-5-11-19-17/h1-3,5-7,9-11,13,16H,4,8,12,14H2/b13-9+. The summed E-state index contributed by atoms with van der Waals surface area (Å²) in [5, 5.41) is 1.25. The van der Waals surface area contributed by atoms with Gasteiger partial charge < -0.3 is 4.74 Å². The maximum Gasteiger partial charge on any atom is 0.316 e. The molecule has 0 radical (unpaired) electrons. The van der Waals surface area contributed by atoms with Crippen LogP contribution in [-0.4, -0.2) is 41.9 Å². The van der Waals surface area contributed by atoms with E-state index in [0.29, 0.717) is 13.1 Å². The Hall–Kier alpha value is -2.25. The Morgan fingerprint density at radius 3 is 2.62 bits per heavy atom. The van der Waals surface area contributed by atoms with Crippen LogP contribution in [0.2, 0.25) is 0 Å². The number of ether oxygens (including phenoxy) is 1. The van der Waals surface area contributed by atoms with Crippen LogP contribution < -0.4 is 4.74 Å². The molecule has 0 aliphatic carbocycles. The Morgan fingerprint density at radius 2 is 1.88 bits per heavy atom. The molecule has 1 aromatic carbocycles. The van der Waals surface area contributed by atoms with Crippen molar-refractivity contribution in [2.45, 2.75) is 18.9 Å². The summed E-state index contributed by atoms with van der Waals surface area (Å²) in [7, 11) is -3.47. The largest absolute Gasteiger partial charge is 0.459 e. The summed E-state index contributed by atoms with van der Waals surface area (Å²) in [6.45, 7) is 0.802. The number of aromatic nitrogens is 2. The van der Waals surface area contributed by atoms with Gasteiger partial charge in [0.15, 0.2) is 0 Å². The van der Waals surface area contributed by atoms with Crippen LogP contribution in [0.5, 0.6) is 6.01 Å². The fraction of sp³-hybridized carbons (Fsp3) is 0.294. The molecule has 0 N–H and O–H groups in total. The van der Waals surface area contributed by atoms with E-state index < -0.39 is 10.0 Å². The highest BCUT2D eigenvalue weighted by Gasteiger charge is 2.28. The third-order valence-electron chi connectivity index (χ3n) is 3.75. The summed E-state index contributed by atoms with van der Waals surface area (Å²) >= 11 is 0. The first kappa shape index (κ1) is 16.6. The first-order valence-corrected chi connectivity index (χ1v) is 9.31. The molecule has 0 amide bonds. The summed E-state index contributed by atoms with van der Waals surface area (Å²) in [6, 6.07) is 11.3. The molecular weight excluding hydrogens is 326 g/mol. The summed E-state index contributed by atoms with van der Waals surface area (Å²) in [5.41, 5.74) is 0.851. The number of hydrogen-bond donors (Lipinski definition) is 0. The van der Waals surface area contributed by atoms with Crippen LogP contribution in [0.3, 0.4) is 0 Å². The van der Waals surface area contributed by atoms with E-state index in [1.165, 1.54) is 9.71 Å². The zero-order valence-corrected chi connectivity index (χ0v) is 14.0. The number of rotatable bonds is 5. The number of sulfonamides is 1. The van der Waals surface area contributed by atoms with Gasteiger partial charge in [0.25, 0.3) is 0 Å². The first-order chi connectivity index (χ1) is 11.6. The summed E-state index contributed by atoms with van der Waals surface area (Å²) in [5.74, 6) is 0.